The summed E-state index contributed by atoms with van der Waals surface area (Å²) in [5, 5.41) is 9.19. The van der Waals surface area contributed by atoms with Crippen molar-refractivity contribution in [2.24, 2.45) is 0 Å². The van der Waals surface area contributed by atoms with E-state index in [1.165, 1.54) is 16.7 Å². The molecule has 2 aliphatic rings. The highest BCUT2D eigenvalue weighted by Crippen LogP contribution is 2.30. The van der Waals surface area contributed by atoms with E-state index >= 15 is 0 Å². The van der Waals surface area contributed by atoms with Crippen molar-refractivity contribution >= 4 is 23.8 Å². The number of aliphatic carboxylic acids is 1. The third kappa shape index (κ3) is 2.88. The standard InChI is InChI=1S/C13H23N3O3S/c1-4-10-7-15(6-5-14(10)3)13(19)16-9(2)20-8-11(16)12(17)18/h9-11H,4-8H2,1-3H3,(H,17,18). The van der Waals surface area contributed by atoms with Gasteiger partial charge in [0.05, 0.1) is 5.37 Å². The first-order chi connectivity index (χ1) is 9.45. The zero-order valence-corrected chi connectivity index (χ0v) is 13.1. The summed E-state index contributed by atoms with van der Waals surface area (Å²) >= 11 is 1.53. The van der Waals surface area contributed by atoms with Crippen LogP contribution in [0.1, 0.15) is 20.3 Å². The van der Waals surface area contributed by atoms with E-state index in [0.29, 0.717) is 24.9 Å². The van der Waals surface area contributed by atoms with E-state index in [1.54, 1.807) is 0 Å². The van der Waals surface area contributed by atoms with E-state index in [9.17, 15) is 14.7 Å². The number of nitrogens with zero attached hydrogens (tertiary/aromatic N) is 3. The second-order valence-electron chi connectivity index (χ2n) is 5.47. The summed E-state index contributed by atoms with van der Waals surface area (Å²) in [6.45, 7) is 6.22. The molecule has 0 bridgehead atoms. The molecule has 20 heavy (non-hydrogen) atoms. The van der Waals surface area contributed by atoms with Crippen molar-refractivity contribution in [3.8, 4) is 0 Å². The fraction of sp³-hybridized carbons (Fsp3) is 0.846. The molecule has 0 saturated carbocycles. The predicted molar refractivity (Wildman–Crippen MR) is 78.9 cm³/mol. The normalized spacial score (nSPS) is 31.6. The summed E-state index contributed by atoms with van der Waals surface area (Å²) in [6, 6.07) is -0.453. The highest BCUT2D eigenvalue weighted by atomic mass is 32.2. The largest absolute Gasteiger partial charge is 0.480 e. The topological polar surface area (TPSA) is 64.1 Å². The zero-order valence-electron chi connectivity index (χ0n) is 12.3. The van der Waals surface area contributed by atoms with Gasteiger partial charge in [-0.05, 0) is 20.4 Å². The van der Waals surface area contributed by atoms with Crippen LogP contribution in [0.5, 0.6) is 0 Å². The number of amides is 2. The number of hydrogen-bond acceptors (Lipinski definition) is 4. The maximum Gasteiger partial charge on any atom is 0.327 e. The van der Waals surface area contributed by atoms with Gasteiger partial charge in [0.25, 0.3) is 0 Å². The lowest BCUT2D eigenvalue weighted by atomic mass is 10.1. The molecule has 2 saturated heterocycles. The summed E-state index contributed by atoms with van der Waals surface area (Å²) in [6.07, 6.45) is 0.993. The second kappa shape index (κ2) is 6.22. The van der Waals surface area contributed by atoms with Crippen LogP contribution < -0.4 is 0 Å². The van der Waals surface area contributed by atoms with Gasteiger partial charge in [0.2, 0.25) is 0 Å². The lowest BCUT2D eigenvalue weighted by Crippen LogP contribution is -2.58. The molecule has 114 valence electrons. The van der Waals surface area contributed by atoms with Crippen LogP contribution in [0.15, 0.2) is 0 Å². The summed E-state index contributed by atoms with van der Waals surface area (Å²) in [7, 11) is 2.07. The Hall–Kier alpha value is -0.950. The van der Waals surface area contributed by atoms with Crippen LogP contribution in [-0.2, 0) is 4.79 Å². The first kappa shape index (κ1) is 15.4. The van der Waals surface area contributed by atoms with Gasteiger partial charge < -0.3 is 10.0 Å². The second-order valence-corrected chi connectivity index (χ2v) is 6.81. The minimum absolute atomic E-state index is 0.0664. The number of piperazine rings is 1. The summed E-state index contributed by atoms with van der Waals surface area (Å²) in [5.74, 6) is -0.427. The maximum absolute atomic E-state index is 12.7. The average molecular weight is 301 g/mol. The van der Waals surface area contributed by atoms with Gasteiger partial charge in [0.1, 0.15) is 6.04 Å². The number of thioether (sulfide) groups is 1. The molecule has 3 unspecified atom stereocenters. The Morgan fingerprint density at radius 2 is 2.05 bits per heavy atom. The van der Waals surface area contributed by atoms with E-state index in [0.717, 1.165) is 13.0 Å². The Balaban J connectivity index is 2.08. The molecular formula is C13H23N3O3S. The Morgan fingerprint density at radius 3 is 2.65 bits per heavy atom. The number of urea groups is 1. The number of rotatable bonds is 2. The Kier molecular flexibility index (Phi) is 4.80. The molecule has 2 fully saturated rings. The lowest BCUT2D eigenvalue weighted by Gasteiger charge is -2.41. The number of likely N-dealkylation sites (N-methyl/N-ethyl adjacent to an activating group) is 1. The molecule has 2 rings (SSSR count). The van der Waals surface area contributed by atoms with Crippen molar-refractivity contribution in [3.63, 3.8) is 0 Å². The van der Waals surface area contributed by atoms with Gasteiger partial charge >= 0.3 is 12.0 Å². The number of carboxylic acids is 1. The van der Waals surface area contributed by atoms with Crippen LogP contribution in [0.4, 0.5) is 4.79 Å². The molecule has 0 radical (unpaired) electrons. The Bertz CT molecular complexity index is 393. The van der Waals surface area contributed by atoms with Gasteiger partial charge in [0, 0.05) is 31.4 Å². The quantitative estimate of drug-likeness (QED) is 0.824. The molecule has 0 aliphatic carbocycles. The van der Waals surface area contributed by atoms with E-state index in [-0.39, 0.29) is 11.4 Å². The molecule has 2 amide bonds. The lowest BCUT2D eigenvalue weighted by molar-refractivity contribution is -0.141. The first-order valence-corrected chi connectivity index (χ1v) is 8.12. The predicted octanol–water partition coefficient (Wildman–Crippen LogP) is 0.980. The molecule has 0 aromatic rings. The van der Waals surface area contributed by atoms with Crippen molar-refractivity contribution in [1.29, 1.82) is 0 Å². The monoisotopic (exact) mass is 301 g/mol. The number of carbonyl (C=O) groups is 2. The first-order valence-electron chi connectivity index (χ1n) is 7.07. The van der Waals surface area contributed by atoms with E-state index in [1.807, 2.05) is 11.8 Å². The molecule has 0 aromatic heterocycles. The highest BCUT2D eigenvalue weighted by molar-refractivity contribution is 8.00. The highest BCUT2D eigenvalue weighted by Gasteiger charge is 2.42. The van der Waals surface area contributed by atoms with Gasteiger partial charge in [-0.25, -0.2) is 9.59 Å². The summed E-state index contributed by atoms with van der Waals surface area (Å²) in [4.78, 5) is 29.5. The molecule has 6 nitrogen and oxygen atoms in total. The SMILES string of the molecule is CCC1CN(C(=O)N2C(C)SCC2C(=O)O)CCN1C. The minimum atomic E-state index is -0.906. The molecular weight excluding hydrogens is 278 g/mol. The fourth-order valence-electron chi connectivity index (χ4n) is 2.85. The summed E-state index contributed by atoms with van der Waals surface area (Å²) < 4.78 is 0. The number of carboxylic acid groups (broad SMARTS) is 1. The molecule has 2 aliphatic heterocycles. The minimum Gasteiger partial charge on any atom is -0.480 e. The fourth-order valence-corrected chi connectivity index (χ4v) is 4.01. The zero-order chi connectivity index (χ0) is 14.9. The van der Waals surface area contributed by atoms with Crippen LogP contribution in [0.3, 0.4) is 0 Å². The van der Waals surface area contributed by atoms with Crippen molar-refractivity contribution in [2.45, 2.75) is 37.7 Å². The number of hydrogen-bond donors (Lipinski definition) is 1. The molecule has 7 heteroatoms. The van der Waals surface area contributed by atoms with Crippen LogP contribution >= 0.6 is 11.8 Å². The van der Waals surface area contributed by atoms with Crippen molar-refractivity contribution in [3.05, 3.63) is 0 Å². The summed E-state index contributed by atoms with van der Waals surface area (Å²) in [5.41, 5.74) is 0. The number of carbonyl (C=O) groups excluding carboxylic acids is 1. The maximum atomic E-state index is 12.7. The van der Waals surface area contributed by atoms with E-state index in [4.69, 9.17) is 0 Å². The Morgan fingerprint density at radius 1 is 1.35 bits per heavy atom. The van der Waals surface area contributed by atoms with Gasteiger partial charge in [-0.1, -0.05) is 6.92 Å². The Labute approximate surface area is 124 Å². The van der Waals surface area contributed by atoms with E-state index < -0.39 is 12.0 Å². The molecule has 0 spiro atoms. The third-order valence-electron chi connectivity index (χ3n) is 4.25. The van der Waals surface area contributed by atoms with Crippen molar-refractivity contribution in [2.75, 3.05) is 32.4 Å². The van der Waals surface area contributed by atoms with Crippen LogP contribution in [0.2, 0.25) is 0 Å². The van der Waals surface area contributed by atoms with Gasteiger partial charge in [-0.2, -0.15) is 0 Å². The van der Waals surface area contributed by atoms with Crippen molar-refractivity contribution in [1.82, 2.24) is 14.7 Å². The molecule has 2 heterocycles. The average Bonchev–Trinajstić information content (AvgIpc) is 2.80. The van der Waals surface area contributed by atoms with Crippen LogP contribution in [0, 0.1) is 0 Å². The molecule has 3 atom stereocenters. The van der Waals surface area contributed by atoms with Gasteiger partial charge in [-0.15, -0.1) is 11.8 Å². The van der Waals surface area contributed by atoms with Gasteiger partial charge in [-0.3, -0.25) is 9.80 Å². The van der Waals surface area contributed by atoms with Crippen LogP contribution in [-0.4, -0.2) is 81.7 Å². The third-order valence-corrected chi connectivity index (χ3v) is 5.47. The van der Waals surface area contributed by atoms with Crippen molar-refractivity contribution < 1.29 is 14.7 Å². The van der Waals surface area contributed by atoms with Crippen LogP contribution in [0.25, 0.3) is 0 Å². The molecule has 0 aromatic carbocycles. The van der Waals surface area contributed by atoms with E-state index in [2.05, 4.69) is 18.9 Å². The molecule has 1 N–H and O–H groups in total. The smallest absolute Gasteiger partial charge is 0.327 e. The van der Waals surface area contributed by atoms with Gasteiger partial charge in [0.15, 0.2) is 0 Å².